The molecule has 1 heteroatoms. The van der Waals surface area contributed by atoms with Gasteiger partial charge in [-0.1, -0.05) is 31.6 Å². The summed E-state index contributed by atoms with van der Waals surface area (Å²) >= 11 is 0. The normalized spacial score (nSPS) is 13.1. The van der Waals surface area contributed by atoms with E-state index in [0.717, 1.165) is 6.42 Å². The highest BCUT2D eigenvalue weighted by molar-refractivity contribution is 5.12. The molecule has 1 atom stereocenters. The monoisotopic (exact) mass is 167 g/mol. The molecule has 0 aromatic carbocycles. The van der Waals surface area contributed by atoms with Crippen molar-refractivity contribution < 1.29 is 0 Å². The van der Waals surface area contributed by atoms with Crippen molar-refractivity contribution in [1.29, 1.82) is 0 Å². The molecule has 0 fully saturated rings. The lowest BCUT2D eigenvalue weighted by atomic mass is 9.93. The highest BCUT2D eigenvalue weighted by Gasteiger charge is 2.12. The molecule has 70 valence electrons. The summed E-state index contributed by atoms with van der Waals surface area (Å²) < 4.78 is 0. The fourth-order valence-corrected chi connectivity index (χ4v) is 1.17. The number of rotatable bonds is 5. The second-order valence-corrected chi connectivity index (χ2v) is 3.73. The van der Waals surface area contributed by atoms with E-state index in [-0.39, 0.29) is 0 Å². The minimum absolute atomic E-state index is 0.391. The van der Waals surface area contributed by atoms with Crippen LogP contribution in [0.3, 0.4) is 0 Å². The second kappa shape index (κ2) is 5.15. The van der Waals surface area contributed by atoms with Crippen molar-refractivity contribution >= 4 is 0 Å². The molecule has 0 saturated carbocycles. The Bertz CT molecular complexity index is 168. The quantitative estimate of drug-likeness (QED) is 0.621. The summed E-state index contributed by atoms with van der Waals surface area (Å²) in [7, 11) is 1.97. The zero-order chi connectivity index (χ0) is 9.72. The van der Waals surface area contributed by atoms with Gasteiger partial charge in [-0.05, 0) is 26.3 Å². The molecular weight excluding hydrogens is 146 g/mol. The van der Waals surface area contributed by atoms with E-state index in [2.05, 4.69) is 39.2 Å². The van der Waals surface area contributed by atoms with Crippen molar-refractivity contribution in [2.24, 2.45) is 5.92 Å². The number of nitrogens with one attached hydrogen (secondary N) is 1. The number of hydrogen-bond acceptors (Lipinski definition) is 1. The Morgan fingerprint density at radius 1 is 1.33 bits per heavy atom. The highest BCUT2D eigenvalue weighted by Crippen LogP contribution is 2.16. The van der Waals surface area contributed by atoms with Gasteiger partial charge < -0.3 is 5.32 Å². The van der Waals surface area contributed by atoms with E-state index < -0.39 is 0 Å². The second-order valence-electron chi connectivity index (χ2n) is 3.73. The minimum atomic E-state index is 0.391. The summed E-state index contributed by atoms with van der Waals surface area (Å²) in [6.07, 6.45) is 0.994. The molecule has 0 heterocycles. The average Bonchev–Trinajstić information content (AvgIpc) is 1.98. The molecule has 0 aliphatic rings. The fourth-order valence-electron chi connectivity index (χ4n) is 1.17. The van der Waals surface area contributed by atoms with Gasteiger partial charge in [0.2, 0.25) is 0 Å². The third-order valence-electron chi connectivity index (χ3n) is 2.09. The van der Waals surface area contributed by atoms with Gasteiger partial charge in [0.25, 0.3) is 0 Å². The lowest BCUT2D eigenvalue weighted by molar-refractivity contribution is 0.565. The van der Waals surface area contributed by atoms with Crippen LogP contribution < -0.4 is 5.32 Å². The van der Waals surface area contributed by atoms with E-state index in [1.54, 1.807) is 0 Å². The first-order valence-corrected chi connectivity index (χ1v) is 4.49. The molecule has 12 heavy (non-hydrogen) atoms. The van der Waals surface area contributed by atoms with Gasteiger partial charge in [0.1, 0.15) is 0 Å². The fraction of sp³-hybridized carbons (Fsp3) is 0.636. The molecule has 0 aromatic rings. The standard InChI is InChI=1S/C11H21N/c1-8(2)7-11(12-6)10(5)9(3)4/h9,11-12H,1,5,7H2,2-4,6H3. The van der Waals surface area contributed by atoms with Crippen LogP contribution in [0.15, 0.2) is 24.3 Å². The summed E-state index contributed by atoms with van der Waals surface area (Å²) in [5, 5.41) is 3.25. The summed E-state index contributed by atoms with van der Waals surface area (Å²) in [6, 6.07) is 0.391. The first kappa shape index (κ1) is 11.4. The Hall–Kier alpha value is -0.560. The molecule has 0 bridgehead atoms. The molecule has 0 amide bonds. The Morgan fingerprint density at radius 2 is 1.83 bits per heavy atom. The van der Waals surface area contributed by atoms with Crippen LogP contribution in [0.5, 0.6) is 0 Å². The lowest BCUT2D eigenvalue weighted by Gasteiger charge is -2.21. The average molecular weight is 167 g/mol. The Kier molecular flexibility index (Phi) is 4.91. The molecule has 0 aliphatic heterocycles. The molecule has 0 radical (unpaired) electrons. The van der Waals surface area contributed by atoms with E-state index in [1.807, 2.05) is 7.05 Å². The smallest absolute Gasteiger partial charge is 0.0313 e. The SMILES string of the molecule is C=C(C)CC(NC)C(=C)C(C)C. The van der Waals surface area contributed by atoms with Crippen LogP contribution in [0.4, 0.5) is 0 Å². The first-order valence-electron chi connectivity index (χ1n) is 4.49. The predicted octanol–water partition coefficient (Wildman–Crippen LogP) is 2.75. The van der Waals surface area contributed by atoms with E-state index >= 15 is 0 Å². The molecule has 1 nitrogen and oxygen atoms in total. The van der Waals surface area contributed by atoms with Gasteiger partial charge in [0.05, 0.1) is 0 Å². The predicted molar refractivity (Wildman–Crippen MR) is 56.3 cm³/mol. The van der Waals surface area contributed by atoms with Crippen molar-refractivity contribution in [3.05, 3.63) is 24.3 Å². The van der Waals surface area contributed by atoms with Gasteiger partial charge in [-0.3, -0.25) is 0 Å². The molecule has 0 rings (SSSR count). The topological polar surface area (TPSA) is 12.0 Å². The maximum Gasteiger partial charge on any atom is 0.0313 e. The molecule has 0 aromatic heterocycles. The third-order valence-corrected chi connectivity index (χ3v) is 2.09. The summed E-state index contributed by atoms with van der Waals surface area (Å²) in [5.41, 5.74) is 2.47. The van der Waals surface area contributed by atoms with Gasteiger partial charge in [-0.2, -0.15) is 0 Å². The Morgan fingerprint density at radius 3 is 2.08 bits per heavy atom. The highest BCUT2D eigenvalue weighted by atomic mass is 14.9. The summed E-state index contributed by atoms with van der Waals surface area (Å²) in [4.78, 5) is 0. The van der Waals surface area contributed by atoms with E-state index in [9.17, 15) is 0 Å². The zero-order valence-corrected chi connectivity index (χ0v) is 8.78. The number of hydrogen-bond donors (Lipinski definition) is 1. The van der Waals surface area contributed by atoms with Gasteiger partial charge in [-0.15, -0.1) is 6.58 Å². The summed E-state index contributed by atoms with van der Waals surface area (Å²) in [6.45, 7) is 14.4. The molecule has 0 spiro atoms. The van der Waals surface area contributed by atoms with Crippen LogP contribution in [0.25, 0.3) is 0 Å². The Labute approximate surface area is 76.6 Å². The molecule has 0 aliphatic carbocycles. The molecule has 0 saturated heterocycles. The first-order chi connectivity index (χ1) is 5.49. The van der Waals surface area contributed by atoms with Crippen molar-refractivity contribution in [2.75, 3.05) is 7.05 Å². The molecule has 1 unspecified atom stereocenters. The zero-order valence-electron chi connectivity index (χ0n) is 8.78. The Balaban J connectivity index is 4.15. The van der Waals surface area contributed by atoms with E-state index in [0.29, 0.717) is 12.0 Å². The van der Waals surface area contributed by atoms with Gasteiger partial charge in [0.15, 0.2) is 0 Å². The molecule has 1 N–H and O–H groups in total. The lowest BCUT2D eigenvalue weighted by Crippen LogP contribution is -2.29. The summed E-state index contributed by atoms with van der Waals surface area (Å²) in [5.74, 6) is 0.543. The minimum Gasteiger partial charge on any atom is -0.313 e. The van der Waals surface area contributed by atoms with Crippen molar-refractivity contribution in [1.82, 2.24) is 5.32 Å². The van der Waals surface area contributed by atoms with Gasteiger partial charge in [0, 0.05) is 6.04 Å². The van der Waals surface area contributed by atoms with Crippen LogP contribution >= 0.6 is 0 Å². The van der Waals surface area contributed by atoms with Crippen LogP contribution in [-0.2, 0) is 0 Å². The van der Waals surface area contributed by atoms with Crippen LogP contribution in [0, 0.1) is 5.92 Å². The van der Waals surface area contributed by atoms with Gasteiger partial charge in [-0.25, -0.2) is 0 Å². The van der Waals surface area contributed by atoms with E-state index in [4.69, 9.17) is 0 Å². The van der Waals surface area contributed by atoms with Crippen LogP contribution in [-0.4, -0.2) is 13.1 Å². The number of likely N-dealkylation sites (N-methyl/N-ethyl adjacent to an activating group) is 1. The van der Waals surface area contributed by atoms with Crippen molar-refractivity contribution in [2.45, 2.75) is 33.2 Å². The van der Waals surface area contributed by atoms with Crippen LogP contribution in [0.2, 0.25) is 0 Å². The maximum atomic E-state index is 4.07. The molecular formula is C11H21N. The largest absolute Gasteiger partial charge is 0.313 e. The van der Waals surface area contributed by atoms with Crippen molar-refractivity contribution in [3.63, 3.8) is 0 Å². The van der Waals surface area contributed by atoms with Crippen molar-refractivity contribution in [3.8, 4) is 0 Å². The van der Waals surface area contributed by atoms with Crippen LogP contribution in [0.1, 0.15) is 27.2 Å². The third kappa shape index (κ3) is 3.72. The maximum absolute atomic E-state index is 4.07. The van der Waals surface area contributed by atoms with Gasteiger partial charge >= 0.3 is 0 Å². The van der Waals surface area contributed by atoms with E-state index in [1.165, 1.54) is 11.1 Å².